The third kappa shape index (κ3) is 4.11. The fourth-order valence-electron chi connectivity index (χ4n) is 1.79. The van der Waals surface area contributed by atoms with Gasteiger partial charge in [-0.15, -0.1) is 0 Å². The third-order valence-corrected chi connectivity index (χ3v) is 3.65. The molecule has 0 spiro atoms. The molecule has 0 heterocycles. The van der Waals surface area contributed by atoms with E-state index in [-0.39, 0.29) is 12.1 Å². The first-order valence-corrected chi connectivity index (χ1v) is 7.49. The first-order valence-electron chi connectivity index (χ1n) is 6.41. The molecule has 0 bridgehead atoms. The first-order chi connectivity index (χ1) is 8.40. The van der Waals surface area contributed by atoms with E-state index >= 15 is 0 Å². The zero-order chi connectivity index (χ0) is 13.8. The Hall–Kier alpha value is -0.320. The fraction of sp³-hybridized carbons (Fsp3) is 0.600. The van der Waals surface area contributed by atoms with E-state index in [1.165, 1.54) is 11.1 Å². The van der Waals surface area contributed by atoms with Crippen LogP contribution in [0.1, 0.15) is 45.2 Å². The molecule has 102 valence electrons. The molecule has 0 aliphatic heterocycles. The molecule has 0 fully saturated rings. The lowest BCUT2D eigenvalue weighted by molar-refractivity contribution is 0.281. The van der Waals surface area contributed by atoms with Gasteiger partial charge in [0, 0.05) is 12.0 Å². The summed E-state index contributed by atoms with van der Waals surface area (Å²) in [4.78, 5) is 0. The highest BCUT2D eigenvalue weighted by Crippen LogP contribution is 2.36. The number of hydrogen-bond acceptors (Lipinski definition) is 1. The predicted molar refractivity (Wildman–Crippen MR) is 83.3 cm³/mol. The zero-order valence-electron chi connectivity index (χ0n) is 11.6. The van der Waals surface area contributed by atoms with Crippen LogP contribution in [0.3, 0.4) is 0 Å². The minimum Gasteiger partial charge on any atom is -0.492 e. The van der Waals surface area contributed by atoms with Gasteiger partial charge in [0.15, 0.2) is 0 Å². The highest BCUT2D eigenvalue weighted by molar-refractivity contribution is 14.1. The van der Waals surface area contributed by atoms with Crippen LogP contribution in [0.25, 0.3) is 0 Å². The monoisotopic (exact) mass is 364 g/mol. The normalized spacial score (nSPS) is 11.7. The van der Waals surface area contributed by atoms with E-state index in [4.69, 9.17) is 4.74 Å². The van der Waals surface area contributed by atoms with Gasteiger partial charge < -0.3 is 4.74 Å². The molecule has 0 aromatic heterocycles. The summed E-state index contributed by atoms with van der Waals surface area (Å²) < 4.78 is 19.1. The average Bonchev–Trinajstić information content (AvgIpc) is 2.29. The molecule has 3 heteroatoms. The van der Waals surface area contributed by atoms with Gasteiger partial charge in [-0.3, -0.25) is 4.39 Å². The largest absolute Gasteiger partial charge is 0.492 e. The third-order valence-electron chi connectivity index (χ3n) is 2.84. The summed E-state index contributed by atoms with van der Waals surface area (Å²) in [7, 11) is 0. The summed E-state index contributed by atoms with van der Waals surface area (Å²) in [6, 6.07) is 4.37. The van der Waals surface area contributed by atoms with E-state index in [1.807, 2.05) is 0 Å². The lowest BCUT2D eigenvalue weighted by atomic mass is 9.85. The molecule has 0 unspecified atom stereocenters. The van der Waals surface area contributed by atoms with E-state index in [0.717, 1.165) is 15.7 Å². The van der Waals surface area contributed by atoms with E-state index in [9.17, 15) is 4.39 Å². The van der Waals surface area contributed by atoms with Crippen molar-refractivity contribution in [2.75, 3.05) is 13.3 Å². The van der Waals surface area contributed by atoms with Crippen molar-refractivity contribution in [1.29, 1.82) is 0 Å². The van der Waals surface area contributed by atoms with Gasteiger partial charge >= 0.3 is 0 Å². The van der Waals surface area contributed by atoms with Crippen LogP contribution in [0.15, 0.2) is 12.1 Å². The number of ether oxygens (including phenoxy) is 1. The maximum atomic E-state index is 12.2. The predicted octanol–water partition coefficient (Wildman–Crippen LogP) is 4.89. The van der Waals surface area contributed by atoms with Crippen molar-refractivity contribution in [1.82, 2.24) is 0 Å². The van der Waals surface area contributed by atoms with Gasteiger partial charge in [-0.2, -0.15) is 0 Å². The molecule has 0 amide bonds. The summed E-state index contributed by atoms with van der Waals surface area (Å²) in [6.07, 6.45) is 1.47. The molecule has 1 aromatic carbocycles. The number of hydrogen-bond donors (Lipinski definition) is 0. The number of halogens is 2. The zero-order valence-corrected chi connectivity index (χ0v) is 13.8. The van der Waals surface area contributed by atoms with Gasteiger partial charge in [-0.05, 0) is 46.1 Å². The number of alkyl halides is 1. The van der Waals surface area contributed by atoms with Crippen molar-refractivity contribution in [3.05, 3.63) is 26.8 Å². The molecule has 0 saturated heterocycles. The summed E-state index contributed by atoms with van der Waals surface area (Å²) in [5.74, 6) is 0.925. The molecule has 0 atom stereocenters. The first kappa shape index (κ1) is 15.7. The van der Waals surface area contributed by atoms with Crippen molar-refractivity contribution in [3.8, 4) is 5.75 Å². The molecule has 1 nitrogen and oxygen atoms in total. The van der Waals surface area contributed by atoms with Crippen LogP contribution in [0.5, 0.6) is 5.75 Å². The van der Waals surface area contributed by atoms with Crippen LogP contribution in [-0.2, 0) is 11.8 Å². The van der Waals surface area contributed by atoms with Crippen LogP contribution in [0, 0.1) is 3.57 Å². The Morgan fingerprint density at radius 1 is 1.28 bits per heavy atom. The van der Waals surface area contributed by atoms with E-state index in [0.29, 0.717) is 13.0 Å². The van der Waals surface area contributed by atoms with Gasteiger partial charge in [0.05, 0.1) is 16.9 Å². The second-order valence-electron chi connectivity index (χ2n) is 5.45. The van der Waals surface area contributed by atoms with Gasteiger partial charge in [-0.25, -0.2) is 0 Å². The fourth-order valence-corrected chi connectivity index (χ4v) is 2.63. The molecule has 1 rings (SSSR count). The van der Waals surface area contributed by atoms with Crippen LogP contribution in [0.2, 0.25) is 0 Å². The molecule has 0 radical (unpaired) electrons. The number of benzene rings is 1. The Kier molecular flexibility index (Phi) is 5.89. The van der Waals surface area contributed by atoms with Crippen LogP contribution < -0.4 is 4.74 Å². The maximum Gasteiger partial charge on any atom is 0.136 e. The van der Waals surface area contributed by atoms with Crippen molar-refractivity contribution in [2.45, 2.75) is 46.0 Å². The number of rotatable bonds is 5. The SMILES string of the molecule is CCc1cc(I)c(OCCCF)c(C(C)(C)C)c1. The Bertz CT molecular complexity index is 396. The second-order valence-corrected chi connectivity index (χ2v) is 6.61. The smallest absolute Gasteiger partial charge is 0.136 e. The standard InChI is InChI=1S/C15H22FIO/c1-5-11-9-12(15(2,3)4)14(13(17)10-11)18-8-6-7-16/h9-10H,5-8H2,1-4H3. The molecule has 0 saturated carbocycles. The van der Waals surface area contributed by atoms with Gasteiger partial charge in [0.1, 0.15) is 5.75 Å². The second kappa shape index (κ2) is 6.73. The Morgan fingerprint density at radius 2 is 1.94 bits per heavy atom. The molecule has 1 aromatic rings. The minimum atomic E-state index is -0.325. The lowest BCUT2D eigenvalue weighted by Gasteiger charge is -2.25. The quantitative estimate of drug-likeness (QED) is 0.534. The molecule has 18 heavy (non-hydrogen) atoms. The topological polar surface area (TPSA) is 9.23 Å². The molecule has 0 N–H and O–H groups in total. The van der Waals surface area contributed by atoms with Gasteiger partial charge in [-0.1, -0.05) is 33.8 Å². The summed E-state index contributed by atoms with van der Waals surface area (Å²) in [5.41, 5.74) is 2.57. The highest BCUT2D eigenvalue weighted by Gasteiger charge is 2.21. The van der Waals surface area contributed by atoms with Gasteiger partial charge in [0.2, 0.25) is 0 Å². The molecule has 0 aliphatic carbocycles. The highest BCUT2D eigenvalue weighted by atomic mass is 127. The summed E-state index contributed by atoms with van der Waals surface area (Å²) >= 11 is 2.31. The Morgan fingerprint density at radius 3 is 2.44 bits per heavy atom. The number of aryl methyl sites for hydroxylation is 1. The molecular formula is C15H22FIO. The van der Waals surface area contributed by atoms with Crippen molar-refractivity contribution in [2.24, 2.45) is 0 Å². The molecular weight excluding hydrogens is 342 g/mol. The van der Waals surface area contributed by atoms with E-state index in [1.54, 1.807) is 0 Å². The van der Waals surface area contributed by atoms with Crippen LogP contribution in [0.4, 0.5) is 4.39 Å². The summed E-state index contributed by atoms with van der Waals surface area (Å²) in [5, 5.41) is 0. The maximum absolute atomic E-state index is 12.2. The molecule has 0 aliphatic rings. The average molecular weight is 364 g/mol. The van der Waals surface area contributed by atoms with Crippen molar-refractivity contribution < 1.29 is 9.13 Å². The van der Waals surface area contributed by atoms with Crippen molar-refractivity contribution in [3.63, 3.8) is 0 Å². The summed E-state index contributed by atoms with van der Waals surface area (Å²) in [6.45, 7) is 8.82. The van der Waals surface area contributed by atoms with Gasteiger partial charge in [0.25, 0.3) is 0 Å². The van der Waals surface area contributed by atoms with E-state index < -0.39 is 0 Å². The Balaban J connectivity index is 3.13. The van der Waals surface area contributed by atoms with Crippen LogP contribution >= 0.6 is 22.6 Å². The Labute approximate surface area is 123 Å². The minimum absolute atomic E-state index is 0.0378. The lowest BCUT2D eigenvalue weighted by Crippen LogP contribution is -2.15. The van der Waals surface area contributed by atoms with Crippen LogP contribution in [-0.4, -0.2) is 13.3 Å². The van der Waals surface area contributed by atoms with E-state index in [2.05, 4.69) is 62.4 Å². The van der Waals surface area contributed by atoms with Crippen molar-refractivity contribution >= 4 is 22.6 Å².